The van der Waals surface area contributed by atoms with E-state index in [1.54, 1.807) is 55.5 Å². The van der Waals surface area contributed by atoms with Crippen molar-refractivity contribution in [3.63, 3.8) is 0 Å². The van der Waals surface area contributed by atoms with Crippen LogP contribution in [0.5, 0.6) is 17.2 Å². The molecule has 40 heavy (non-hydrogen) atoms. The van der Waals surface area contributed by atoms with Crippen molar-refractivity contribution >= 4 is 12.1 Å². The molecule has 9 nitrogen and oxygen atoms in total. The number of carbonyl (C=O) groups is 2. The topological polar surface area (TPSA) is 111 Å². The molecule has 0 bridgehead atoms. The highest BCUT2D eigenvalue weighted by Crippen LogP contribution is 2.27. The molecule has 0 aliphatic heterocycles. The van der Waals surface area contributed by atoms with Crippen LogP contribution in [0, 0.1) is 6.92 Å². The van der Waals surface area contributed by atoms with E-state index < -0.39 is 24.1 Å². The summed E-state index contributed by atoms with van der Waals surface area (Å²) in [6.07, 6.45) is -0.202. The first kappa shape index (κ1) is 28.2. The molecule has 0 unspecified atom stereocenters. The predicted octanol–water partition coefficient (Wildman–Crippen LogP) is 6.32. The Balaban J connectivity index is 1.39. The van der Waals surface area contributed by atoms with Crippen LogP contribution in [0.1, 0.15) is 36.9 Å². The fraction of sp³-hybridized carbons (Fsp3) is 0.258. The van der Waals surface area contributed by atoms with Crippen LogP contribution < -0.4 is 14.2 Å². The number of ether oxygens (including phenoxy) is 3. The minimum absolute atomic E-state index is 0.280. The maximum atomic E-state index is 13.1. The van der Waals surface area contributed by atoms with Gasteiger partial charge in [0.2, 0.25) is 5.89 Å². The number of benzene rings is 3. The number of hydrogen-bond acceptors (Lipinski definition) is 7. The molecule has 0 spiro atoms. The molecule has 1 heterocycles. The van der Waals surface area contributed by atoms with Gasteiger partial charge < -0.3 is 23.7 Å². The summed E-state index contributed by atoms with van der Waals surface area (Å²) in [5, 5.41) is 9.65. The molecule has 4 rings (SSSR count). The lowest BCUT2D eigenvalue weighted by Crippen LogP contribution is -2.46. The molecule has 0 aliphatic rings. The van der Waals surface area contributed by atoms with Gasteiger partial charge in [-0.05, 0) is 74.9 Å². The van der Waals surface area contributed by atoms with E-state index in [4.69, 9.17) is 18.6 Å². The number of amides is 1. The maximum Gasteiger partial charge on any atom is 0.416 e. The maximum absolute atomic E-state index is 13.1. The molecule has 0 saturated carbocycles. The number of aromatic nitrogens is 1. The van der Waals surface area contributed by atoms with E-state index in [9.17, 15) is 14.7 Å². The van der Waals surface area contributed by atoms with Crippen LogP contribution in [0.2, 0.25) is 0 Å². The van der Waals surface area contributed by atoms with Crippen molar-refractivity contribution in [2.75, 3.05) is 13.7 Å². The Morgan fingerprint density at radius 1 is 0.925 bits per heavy atom. The molecule has 0 aliphatic carbocycles. The Hall–Kier alpha value is -4.79. The summed E-state index contributed by atoms with van der Waals surface area (Å²) in [5.74, 6) is 1.72. The molecule has 1 aromatic heterocycles. The zero-order valence-corrected chi connectivity index (χ0v) is 22.9. The first-order valence-corrected chi connectivity index (χ1v) is 12.9. The van der Waals surface area contributed by atoms with Crippen molar-refractivity contribution in [1.29, 1.82) is 0 Å². The number of methoxy groups -OCH3 is 1. The standard InChI is InChI=1S/C31H32N2O7/c1-20(33(21(2)30(34)35)31(36)40-27-16-14-25(37-4)15-17-27)23-10-12-26(13-11-23)38-19-18-28-22(3)39-29(32-28)24-8-6-5-7-9-24/h5-17,20-21H,18-19H2,1-4H3,(H,34,35)/t20-,21-/m1/s1. The third-order valence-electron chi connectivity index (χ3n) is 6.55. The molecule has 9 heteroatoms. The molecular weight excluding hydrogens is 512 g/mol. The smallest absolute Gasteiger partial charge is 0.416 e. The van der Waals surface area contributed by atoms with Crippen LogP contribution in [0.3, 0.4) is 0 Å². The molecule has 0 saturated heterocycles. The summed E-state index contributed by atoms with van der Waals surface area (Å²) in [7, 11) is 1.54. The van der Waals surface area contributed by atoms with Gasteiger partial charge in [-0.25, -0.2) is 14.6 Å². The summed E-state index contributed by atoms with van der Waals surface area (Å²) in [6, 6.07) is 21.7. The molecule has 1 N–H and O–H groups in total. The lowest BCUT2D eigenvalue weighted by Gasteiger charge is -2.31. The number of carboxylic acid groups (broad SMARTS) is 1. The SMILES string of the molecule is COc1ccc(OC(=O)N([C@H](C)C(=O)O)[C@H](C)c2ccc(OCCc3nc(-c4ccccc4)oc3C)cc2)cc1. The molecule has 0 fully saturated rings. The van der Waals surface area contributed by atoms with Gasteiger partial charge in [0.25, 0.3) is 0 Å². The van der Waals surface area contributed by atoms with Crippen LogP contribution >= 0.6 is 0 Å². The van der Waals surface area contributed by atoms with Crippen molar-refractivity contribution in [2.45, 2.75) is 39.3 Å². The summed E-state index contributed by atoms with van der Waals surface area (Å²) < 4.78 is 22.3. The highest BCUT2D eigenvalue weighted by molar-refractivity contribution is 5.81. The molecule has 208 valence electrons. The van der Waals surface area contributed by atoms with Gasteiger partial charge >= 0.3 is 12.1 Å². The zero-order valence-electron chi connectivity index (χ0n) is 22.9. The summed E-state index contributed by atoms with van der Waals surface area (Å²) in [5.41, 5.74) is 2.48. The van der Waals surface area contributed by atoms with Crippen LogP contribution in [0.15, 0.2) is 83.3 Å². The number of nitrogens with zero attached hydrogens (tertiary/aromatic N) is 2. The van der Waals surface area contributed by atoms with Gasteiger partial charge in [0, 0.05) is 12.0 Å². The van der Waals surface area contributed by atoms with Crippen molar-refractivity contribution < 1.29 is 33.3 Å². The van der Waals surface area contributed by atoms with Gasteiger partial charge in [0.15, 0.2) is 0 Å². The van der Waals surface area contributed by atoms with E-state index in [2.05, 4.69) is 4.98 Å². The molecule has 1 amide bonds. The van der Waals surface area contributed by atoms with Crippen LogP contribution in [0.25, 0.3) is 11.5 Å². The number of aryl methyl sites for hydroxylation is 1. The highest BCUT2D eigenvalue weighted by Gasteiger charge is 2.32. The quantitative estimate of drug-likeness (QED) is 0.234. The molecule has 4 aromatic rings. The number of rotatable bonds is 11. The second-order valence-corrected chi connectivity index (χ2v) is 9.20. The summed E-state index contributed by atoms with van der Waals surface area (Å²) in [6.45, 7) is 5.48. The van der Waals surface area contributed by atoms with Crippen LogP contribution in [0.4, 0.5) is 4.79 Å². The average molecular weight is 545 g/mol. The van der Waals surface area contributed by atoms with E-state index in [1.165, 1.54) is 18.9 Å². The Kier molecular flexibility index (Phi) is 9.06. The number of carbonyl (C=O) groups excluding carboxylic acids is 1. The molecule has 2 atom stereocenters. The minimum atomic E-state index is -1.14. The number of oxazole rings is 1. The van der Waals surface area contributed by atoms with Crippen molar-refractivity contribution in [3.05, 3.63) is 95.9 Å². The van der Waals surface area contributed by atoms with E-state index in [1.807, 2.05) is 37.3 Å². The Labute approximate surface area is 232 Å². The first-order valence-electron chi connectivity index (χ1n) is 12.9. The van der Waals surface area contributed by atoms with Gasteiger partial charge in [-0.3, -0.25) is 4.90 Å². The zero-order chi connectivity index (χ0) is 28.6. The van der Waals surface area contributed by atoms with Gasteiger partial charge in [-0.15, -0.1) is 0 Å². The predicted molar refractivity (Wildman–Crippen MR) is 149 cm³/mol. The third kappa shape index (κ3) is 6.79. The van der Waals surface area contributed by atoms with Gasteiger partial charge in [0.1, 0.15) is 29.1 Å². The van der Waals surface area contributed by atoms with Crippen LogP contribution in [-0.2, 0) is 11.2 Å². The summed E-state index contributed by atoms with van der Waals surface area (Å²) in [4.78, 5) is 30.7. The molecule has 0 radical (unpaired) electrons. The fourth-order valence-corrected chi connectivity index (χ4v) is 4.20. The van der Waals surface area contributed by atoms with Crippen molar-refractivity contribution in [1.82, 2.24) is 9.88 Å². The first-order chi connectivity index (χ1) is 19.3. The average Bonchev–Trinajstić information content (AvgIpc) is 3.34. The molecule has 3 aromatic carbocycles. The fourth-order valence-electron chi connectivity index (χ4n) is 4.20. The summed E-state index contributed by atoms with van der Waals surface area (Å²) >= 11 is 0. The lowest BCUT2D eigenvalue weighted by molar-refractivity contribution is -0.142. The van der Waals surface area contributed by atoms with E-state index >= 15 is 0 Å². The monoisotopic (exact) mass is 544 g/mol. The van der Waals surface area contributed by atoms with E-state index in [0.717, 1.165) is 22.6 Å². The minimum Gasteiger partial charge on any atom is -0.497 e. The van der Waals surface area contributed by atoms with E-state index in [-0.39, 0.29) is 5.75 Å². The van der Waals surface area contributed by atoms with Crippen molar-refractivity contribution in [3.8, 4) is 28.7 Å². The second-order valence-electron chi connectivity index (χ2n) is 9.20. The second kappa shape index (κ2) is 12.8. The number of carboxylic acids is 1. The van der Waals surface area contributed by atoms with Gasteiger partial charge in [-0.1, -0.05) is 30.3 Å². The normalized spacial score (nSPS) is 12.3. The largest absolute Gasteiger partial charge is 0.497 e. The number of hydrogen-bond donors (Lipinski definition) is 1. The lowest BCUT2D eigenvalue weighted by atomic mass is 10.1. The third-order valence-corrected chi connectivity index (χ3v) is 6.55. The Morgan fingerprint density at radius 3 is 2.17 bits per heavy atom. The van der Waals surface area contributed by atoms with Gasteiger partial charge in [-0.2, -0.15) is 0 Å². The van der Waals surface area contributed by atoms with E-state index in [0.29, 0.717) is 30.4 Å². The Morgan fingerprint density at radius 2 is 1.55 bits per heavy atom. The number of aliphatic carboxylic acids is 1. The van der Waals surface area contributed by atoms with Crippen molar-refractivity contribution in [2.24, 2.45) is 0 Å². The van der Waals surface area contributed by atoms with Crippen LogP contribution in [-0.4, -0.2) is 46.8 Å². The Bertz CT molecular complexity index is 1420. The highest BCUT2D eigenvalue weighted by atomic mass is 16.6. The van der Waals surface area contributed by atoms with Gasteiger partial charge in [0.05, 0.1) is 25.5 Å². The molecular formula is C31H32N2O7.